The van der Waals surface area contributed by atoms with Crippen LogP contribution in [0, 0.1) is 18.2 Å². The highest BCUT2D eigenvalue weighted by molar-refractivity contribution is 5.85. The Labute approximate surface area is 208 Å². The SMILES string of the molecule is Cc1ccc(NCC2(c3c(F)cccc3C(C)C)CN(C(=O)CC(C)(C)C(=O)O)C2)c(OC(F)F)n1. The van der Waals surface area contributed by atoms with Crippen LogP contribution >= 0.6 is 0 Å². The van der Waals surface area contributed by atoms with Gasteiger partial charge in [-0.1, -0.05) is 26.0 Å². The number of ether oxygens (including phenoxy) is 1. The van der Waals surface area contributed by atoms with Crippen molar-refractivity contribution in [3.63, 3.8) is 0 Å². The van der Waals surface area contributed by atoms with Crippen LogP contribution in [-0.4, -0.2) is 53.1 Å². The number of nitrogens with zero attached hydrogens (tertiary/aromatic N) is 2. The number of alkyl halides is 2. The van der Waals surface area contributed by atoms with Gasteiger partial charge in [0.15, 0.2) is 0 Å². The lowest BCUT2D eigenvalue weighted by atomic mass is 9.69. The molecule has 1 saturated heterocycles. The Bertz CT molecular complexity index is 1130. The molecule has 196 valence electrons. The van der Waals surface area contributed by atoms with Gasteiger partial charge >= 0.3 is 12.6 Å². The van der Waals surface area contributed by atoms with Gasteiger partial charge in [0.2, 0.25) is 11.8 Å². The Kier molecular flexibility index (Phi) is 7.85. The summed E-state index contributed by atoms with van der Waals surface area (Å²) in [6, 6.07) is 8.03. The van der Waals surface area contributed by atoms with Crippen LogP contribution in [0.2, 0.25) is 0 Å². The first-order valence-electron chi connectivity index (χ1n) is 11.7. The largest absolute Gasteiger partial charge is 0.481 e. The first kappa shape index (κ1) is 27.3. The fourth-order valence-electron chi connectivity index (χ4n) is 4.47. The normalized spacial score (nSPS) is 15.1. The Morgan fingerprint density at radius 2 is 1.89 bits per heavy atom. The number of carboxylic acids is 1. The molecule has 36 heavy (non-hydrogen) atoms. The van der Waals surface area contributed by atoms with Crippen LogP contribution in [0.25, 0.3) is 0 Å². The van der Waals surface area contributed by atoms with Gasteiger partial charge in [0.25, 0.3) is 0 Å². The highest BCUT2D eigenvalue weighted by Crippen LogP contribution is 2.42. The molecule has 0 aliphatic carbocycles. The van der Waals surface area contributed by atoms with E-state index in [2.05, 4.69) is 15.0 Å². The minimum absolute atomic E-state index is 0.0120. The van der Waals surface area contributed by atoms with E-state index in [-0.39, 0.29) is 49.4 Å². The molecule has 0 radical (unpaired) electrons. The molecule has 10 heteroatoms. The maximum Gasteiger partial charge on any atom is 0.388 e. The van der Waals surface area contributed by atoms with Gasteiger partial charge in [0.05, 0.1) is 16.5 Å². The molecule has 1 aromatic heterocycles. The molecule has 1 aromatic carbocycles. The van der Waals surface area contributed by atoms with Crippen molar-refractivity contribution in [2.45, 2.75) is 59.0 Å². The number of carbonyl (C=O) groups is 2. The van der Waals surface area contributed by atoms with E-state index in [1.54, 1.807) is 25.1 Å². The van der Waals surface area contributed by atoms with Gasteiger partial charge < -0.3 is 20.1 Å². The number of carboxylic acid groups (broad SMARTS) is 1. The highest BCUT2D eigenvalue weighted by atomic mass is 19.3. The fourth-order valence-corrected chi connectivity index (χ4v) is 4.47. The Balaban J connectivity index is 1.94. The standard InChI is InChI=1S/C26H32F3N3O4/c1-15(2)17-7-6-8-18(27)21(17)26(13-32(14-26)20(33)11-25(4,5)23(34)35)12-30-19-10-9-16(3)31-22(19)36-24(28)29/h6-10,15,24,30H,11-14H2,1-5H3,(H,34,35). The Hall–Kier alpha value is -3.30. The highest BCUT2D eigenvalue weighted by Gasteiger charge is 2.50. The van der Waals surface area contributed by atoms with E-state index < -0.39 is 29.2 Å². The van der Waals surface area contributed by atoms with Crippen molar-refractivity contribution in [1.82, 2.24) is 9.88 Å². The number of benzene rings is 1. The molecule has 1 amide bonds. The number of aromatic nitrogens is 1. The minimum atomic E-state index is -3.07. The molecule has 2 aromatic rings. The second kappa shape index (κ2) is 10.4. The summed E-state index contributed by atoms with van der Waals surface area (Å²) in [6.45, 7) is 5.80. The third-order valence-corrected chi connectivity index (χ3v) is 6.53. The summed E-state index contributed by atoms with van der Waals surface area (Å²) in [7, 11) is 0. The van der Waals surface area contributed by atoms with E-state index in [0.717, 1.165) is 5.56 Å². The lowest BCUT2D eigenvalue weighted by molar-refractivity contribution is -0.153. The number of amides is 1. The minimum Gasteiger partial charge on any atom is -0.481 e. The van der Waals surface area contributed by atoms with Gasteiger partial charge in [-0.3, -0.25) is 9.59 Å². The average Bonchev–Trinajstić information content (AvgIpc) is 2.73. The quantitative estimate of drug-likeness (QED) is 0.473. The van der Waals surface area contributed by atoms with E-state index in [1.807, 2.05) is 19.9 Å². The van der Waals surface area contributed by atoms with E-state index in [4.69, 9.17) is 0 Å². The molecule has 7 nitrogen and oxygen atoms in total. The first-order chi connectivity index (χ1) is 16.8. The van der Waals surface area contributed by atoms with Gasteiger partial charge in [-0.15, -0.1) is 0 Å². The van der Waals surface area contributed by atoms with Crippen molar-refractivity contribution in [3.8, 4) is 5.88 Å². The number of aliphatic carboxylic acids is 1. The van der Waals surface area contributed by atoms with Crippen molar-refractivity contribution in [1.29, 1.82) is 0 Å². The average molecular weight is 508 g/mol. The number of anilines is 1. The first-order valence-corrected chi connectivity index (χ1v) is 11.7. The molecule has 0 saturated carbocycles. The van der Waals surface area contributed by atoms with Gasteiger partial charge in [0, 0.05) is 37.3 Å². The van der Waals surface area contributed by atoms with Crippen molar-refractivity contribution in [2.24, 2.45) is 5.41 Å². The lowest BCUT2D eigenvalue weighted by Gasteiger charge is -2.52. The van der Waals surface area contributed by atoms with Crippen molar-refractivity contribution in [3.05, 3.63) is 53.0 Å². The Morgan fingerprint density at radius 1 is 1.22 bits per heavy atom. The van der Waals surface area contributed by atoms with Crippen LogP contribution < -0.4 is 10.1 Å². The number of halogens is 3. The third kappa shape index (κ3) is 5.74. The van der Waals surface area contributed by atoms with Crippen LogP contribution in [-0.2, 0) is 15.0 Å². The van der Waals surface area contributed by atoms with Crippen LogP contribution in [0.5, 0.6) is 5.88 Å². The summed E-state index contributed by atoms with van der Waals surface area (Å²) in [5.74, 6) is -2.14. The molecular weight excluding hydrogens is 475 g/mol. The third-order valence-electron chi connectivity index (χ3n) is 6.53. The number of likely N-dealkylation sites (tertiary alicyclic amines) is 1. The molecule has 0 spiro atoms. The Morgan fingerprint density at radius 3 is 2.47 bits per heavy atom. The lowest BCUT2D eigenvalue weighted by Crippen LogP contribution is -2.65. The summed E-state index contributed by atoms with van der Waals surface area (Å²) >= 11 is 0. The second-order valence-corrected chi connectivity index (χ2v) is 10.3. The van der Waals surface area contributed by atoms with Crippen LogP contribution in [0.1, 0.15) is 56.9 Å². The molecule has 3 rings (SSSR count). The zero-order chi connectivity index (χ0) is 26.8. The van der Waals surface area contributed by atoms with Gasteiger partial charge in [-0.2, -0.15) is 8.78 Å². The van der Waals surface area contributed by atoms with Crippen molar-refractivity contribution in [2.75, 3.05) is 25.0 Å². The van der Waals surface area contributed by atoms with E-state index in [0.29, 0.717) is 11.3 Å². The molecule has 1 fully saturated rings. The predicted octanol–water partition coefficient (Wildman–Crippen LogP) is 4.95. The number of nitrogens with one attached hydrogen (secondary N) is 1. The molecule has 2 heterocycles. The smallest absolute Gasteiger partial charge is 0.388 e. The summed E-state index contributed by atoms with van der Waals surface area (Å²) in [5.41, 5.74) is -0.181. The van der Waals surface area contributed by atoms with Gasteiger partial charge in [-0.25, -0.2) is 9.37 Å². The van der Waals surface area contributed by atoms with E-state index >= 15 is 4.39 Å². The zero-order valence-corrected chi connectivity index (χ0v) is 21.1. The van der Waals surface area contributed by atoms with Crippen LogP contribution in [0.4, 0.5) is 18.9 Å². The predicted molar refractivity (Wildman–Crippen MR) is 129 cm³/mol. The van der Waals surface area contributed by atoms with E-state index in [1.165, 1.54) is 24.8 Å². The molecule has 1 aliphatic rings. The van der Waals surface area contributed by atoms with Crippen molar-refractivity contribution >= 4 is 17.6 Å². The summed E-state index contributed by atoms with van der Waals surface area (Å²) in [5, 5.41) is 12.5. The van der Waals surface area contributed by atoms with Gasteiger partial charge in [-0.05, 0) is 50.5 Å². The summed E-state index contributed by atoms with van der Waals surface area (Å²) < 4.78 is 45.8. The topological polar surface area (TPSA) is 91.8 Å². The van der Waals surface area contributed by atoms with Crippen LogP contribution in [0.3, 0.4) is 0 Å². The molecule has 1 aliphatic heterocycles. The molecular formula is C26H32F3N3O4. The molecule has 0 atom stereocenters. The monoisotopic (exact) mass is 507 g/mol. The number of hydrogen-bond donors (Lipinski definition) is 2. The molecule has 0 bridgehead atoms. The van der Waals surface area contributed by atoms with Crippen molar-refractivity contribution < 1.29 is 32.6 Å². The number of pyridine rings is 1. The maximum absolute atomic E-state index is 15.3. The second-order valence-electron chi connectivity index (χ2n) is 10.3. The number of aryl methyl sites for hydroxylation is 1. The molecule has 2 N–H and O–H groups in total. The zero-order valence-electron chi connectivity index (χ0n) is 21.1. The summed E-state index contributed by atoms with van der Waals surface area (Å²) in [6.07, 6.45) is -0.200. The summed E-state index contributed by atoms with van der Waals surface area (Å²) in [4.78, 5) is 29.9. The number of rotatable bonds is 10. The molecule has 0 unspecified atom stereocenters. The fraction of sp³-hybridized carbons (Fsp3) is 0.500. The van der Waals surface area contributed by atoms with E-state index in [9.17, 15) is 23.5 Å². The number of hydrogen-bond acceptors (Lipinski definition) is 5. The van der Waals surface area contributed by atoms with Gasteiger partial charge in [0.1, 0.15) is 5.82 Å². The van der Waals surface area contributed by atoms with Crippen LogP contribution in [0.15, 0.2) is 30.3 Å². The maximum atomic E-state index is 15.3. The number of carbonyl (C=O) groups excluding carboxylic acids is 1.